The third-order valence-electron chi connectivity index (χ3n) is 2.09. The Morgan fingerprint density at radius 1 is 1.20 bits per heavy atom. The van der Waals surface area contributed by atoms with Gasteiger partial charge >= 0.3 is 0 Å². The molecule has 0 bridgehead atoms. The van der Waals surface area contributed by atoms with Crippen molar-refractivity contribution in [2.75, 3.05) is 0 Å². The van der Waals surface area contributed by atoms with Crippen LogP contribution < -0.4 is 0 Å². The van der Waals surface area contributed by atoms with Crippen LogP contribution in [-0.4, -0.2) is 8.07 Å². The molecule has 0 aromatic rings. The van der Waals surface area contributed by atoms with Crippen molar-refractivity contribution in [2.45, 2.75) is 32.5 Å². The molecule has 0 radical (unpaired) electrons. The Morgan fingerprint density at radius 2 is 1.93 bits per heavy atom. The van der Waals surface area contributed by atoms with E-state index in [1.807, 2.05) is 12.2 Å². The summed E-state index contributed by atoms with van der Waals surface area (Å²) in [6.45, 7) is 7.06. The standard InChI is InChI=1S/C8H13Si.C5H5.Hf.2H/c1-9(2,3)8-6-4-5-7-8;1-2-4-5-3-1;;;/h4,6H,5H2,1-3H3;1-3H,4H2;;;/q2*-1;;2*-1. The zero-order valence-corrected chi connectivity index (χ0v) is 14.4. The largest absolute Gasteiger partial charge is 1.00 e. The zero-order valence-electron chi connectivity index (χ0n) is 11.8. The van der Waals surface area contributed by atoms with Crippen LogP contribution in [0.2, 0.25) is 19.6 Å². The monoisotopic (exact) mass is 384 g/mol. The van der Waals surface area contributed by atoms with Crippen LogP contribution in [0.15, 0.2) is 35.6 Å². The molecule has 0 unspecified atom stereocenters. The van der Waals surface area contributed by atoms with Gasteiger partial charge in [0.05, 0.1) is 0 Å². The third-order valence-corrected chi connectivity index (χ3v) is 4.05. The van der Waals surface area contributed by atoms with E-state index < -0.39 is 8.07 Å². The van der Waals surface area contributed by atoms with Gasteiger partial charge in [-0.3, -0.25) is 12.2 Å². The SMILES string of the molecule is C[Si](C)(C)C1=[C-]CC=C1.[C-]1=CC=CC1.[H-].[H-].[Hf]. The van der Waals surface area contributed by atoms with E-state index in [-0.39, 0.29) is 28.7 Å². The van der Waals surface area contributed by atoms with E-state index in [2.05, 4.69) is 50.0 Å². The fourth-order valence-electron chi connectivity index (χ4n) is 1.26. The second-order valence-corrected chi connectivity index (χ2v) is 9.49. The van der Waals surface area contributed by atoms with Crippen molar-refractivity contribution < 1.29 is 28.7 Å². The topological polar surface area (TPSA) is 0 Å². The minimum atomic E-state index is -1.01. The average molecular weight is 383 g/mol. The van der Waals surface area contributed by atoms with E-state index in [0.717, 1.165) is 12.8 Å². The summed E-state index contributed by atoms with van der Waals surface area (Å²) in [5, 5.41) is 1.49. The van der Waals surface area contributed by atoms with Gasteiger partial charge in [0, 0.05) is 33.9 Å². The summed E-state index contributed by atoms with van der Waals surface area (Å²) in [4.78, 5) is 0. The normalized spacial score (nSPS) is 16.9. The Bertz CT molecular complexity index is 289. The smallest absolute Gasteiger partial charge is 0.0393 e. The first kappa shape index (κ1) is 15.0. The molecule has 2 aliphatic rings. The first-order valence-corrected chi connectivity index (χ1v) is 8.60. The summed E-state index contributed by atoms with van der Waals surface area (Å²) in [7, 11) is -1.01. The number of allylic oxidation sites excluding steroid dienone is 8. The van der Waals surface area contributed by atoms with Gasteiger partial charge in [0.2, 0.25) is 0 Å². The van der Waals surface area contributed by atoms with Crippen LogP contribution in [0.5, 0.6) is 0 Å². The predicted octanol–water partition coefficient (Wildman–Crippen LogP) is 4.08. The van der Waals surface area contributed by atoms with Crippen LogP contribution in [0, 0.1) is 12.2 Å². The summed E-state index contributed by atoms with van der Waals surface area (Å²) in [6.07, 6.45) is 18.8. The minimum absolute atomic E-state index is 0. The van der Waals surface area contributed by atoms with Crippen LogP contribution >= 0.6 is 0 Å². The van der Waals surface area contributed by atoms with Gasteiger partial charge in [-0.2, -0.15) is 12.2 Å². The molecule has 0 aliphatic heterocycles. The van der Waals surface area contributed by atoms with E-state index >= 15 is 0 Å². The van der Waals surface area contributed by atoms with Gasteiger partial charge in [-0.15, -0.1) is 12.8 Å². The van der Waals surface area contributed by atoms with Crippen molar-refractivity contribution in [1.29, 1.82) is 0 Å². The van der Waals surface area contributed by atoms with Gasteiger partial charge in [-0.1, -0.05) is 19.6 Å². The van der Waals surface area contributed by atoms with Crippen LogP contribution in [0.4, 0.5) is 0 Å². The van der Waals surface area contributed by atoms with Gasteiger partial charge in [0.15, 0.2) is 0 Å². The van der Waals surface area contributed by atoms with E-state index in [9.17, 15) is 0 Å². The van der Waals surface area contributed by atoms with E-state index in [1.54, 1.807) is 0 Å². The van der Waals surface area contributed by atoms with Gasteiger partial charge in [-0.05, 0) is 0 Å². The second kappa shape index (κ2) is 7.34. The fourth-order valence-corrected chi connectivity index (χ4v) is 2.51. The van der Waals surface area contributed by atoms with Crippen molar-refractivity contribution in [1.82, 2.24) is 0 Å². The quantitative estimate of drug-likeness (QED) is 0.473. The molecule has 0 atom stereocenters. The molecule has 0 heterocycles. The van der Waals surface area contributed by atoms with Gasteiger partial charge in [0.25, 0.3) is 0 Å². The molecule has 2 rings (SSSR count). The molecule has 2 aliphatic carbocycles. The molecule has 0 N–H and O–H groups in total. The van der Waals surface area contributed by atoms with E-state index in [0.29, 0.717) is 0 Å². The van der Waals surface area contributed by atoms with Crippen molar-refractivity contribution in [3.63, 3.8) is 0 Å². The number of rotatable bonds is 1. The molecule has 0 saturated carbocycles. The minimum Gasteiger partial charge on any atom is -1.00 e. The first-order valence-electron chi connectivity index (χ1n) is 5.10. The molecule has 15 heavy (non-hydrogen) atoms. The summed E-state index contributed by atoms with van der Waals surface area (Å²) in [6, 6.07) is 0. The Morgan fingerprint density at radius 3 is 2.13 bits per heavy atom. The summed E-state index contributed by atoms with van der Waals surface area (Å²) < 4.78 is 0. The maximum Gasteiger partial charge on any atom is 0.0393 e. The molecule has 0 aromatic carbocycles. The van der Waals surface area contributed by atoms with Gasteiger partial charge in [0.1, 0.15) is 0 Å². The molecule has 0 aromatic heterocycles. The molecule has 84 valence electrons. The molecule has 2 heteroatoms. The Balaban J connectivity index is -0.000000216. The summed E-state index contributed by atoms with van der Waals surface area (Å²) >= 11 is 0. The van der Waals surface area contributed by atoms with Crippen LogP contribution in [0.25, 0.3) is 0 Å². The first-order chi connectivity index (χ1) is 6.61. The van der Waals surface area contributed by atoms with E-state index in [1.165, 1.54) is 5.20 Å². The maximum absolute atomic E-state index is 3.36. The maximum atomic E-state index is 3.36. The van der Waals surface area contributed by atoms with Crippen LogP contribution in [0.3, 0.4) is 0 Å². The Hall–Kier alpha value is 0.0470. The predicted molar refractivity (Wildman–Crippen MR) is 67.7 cm³/mol. The molecule has 0 amide bonds. The van der Waals surface area contributed by atoms with Crippen molar-refractivity contribution in [3.8, 4) is 0 Å². The summed E-state index contributed by atoms with van der Waals surface area (Å²) in [5.74, 6) is 0. The van der Waals surface area contributed by atoms with Crippen molar-refractivity contribution in [3.05, 3.63) is 47.7 Å². The molecule has 0 nitrogen and oxygen atoms in total. The van der Waals surface area contributed by atoms with Crippen molar-refractivity contribution in [2.24, 2.45) is 0 Å². The fraction of sp³-hybridized carbons (Fsp3) is 0.385. The average Bonchev–Trinajstić information content (AvgIpc) is 2.80. The van der Waals surface area contributed by atoms with Crippen LogP contribution in [0.1, 0.15) is 15.7 Å². The molecule has 0 fully saturated rings. The molecule has 0 spiro atoms. The van der Waals surface area contributed by atoms with Crippen molar-refractivity contribution >= 4 is 8.07 Å². The Labute approximate surface area is 117 Å². The number of hydrogen-bond donors (Lipinski definition) is 0. The second-order valence-electron chi connectivity index (χ2n) is 4.45. The molecule has 0 saturated heterocycles. The number of hydrogen-bond acceptors (Lipinski definition) is 0. The van der Waals surface area contributed by atoms with E-state index in [4.69, 9.17) is 0 Å². The molecular formula is C13H20HfSi-4. The summed E-state index contributed by atoms with van der Waals surface area (Å²) in [5.41, 5.74) is 0. The Kier molecular flexibility index (Phi) is 7.36. The third kappa shape index (κ3) is 6.26. The van der Waals surface area contributed by atoms with Gasteiger partial charge in [-0.25, -0.2) is 23.4 Å². The molecular weight excluding hydrogens is 363 g/mol. The van der Waals surface area contributed by atoms with Gasteiger partial charge < -0.3 is 2.85 Å². The zero-order chi connectivity index (χ0) is 10.4. The van der Waals surface area contributed by atoms with Crippen LogP contribution in [-0.2, 0) is 25.8 Å².